The highest BCUT2D eigenvalue weighted by molar-refractivity contribution is 5.43. The number of hydrogen-bond acceptors (Lipinski definition) is 4. The van der Waals surface area contributed by atoms with Crippen molar-refractivity contribution in [3.05, 3.63) is 33.9 Å². The summed E-state index contributed by atoms with van der Waals surface area (Å²) < 4.78 is 5.33. The molecule has 0 N–H and O–H groups in total. The number of hydrogen-bond donors (Lipinski definition) is 0. The van der Waals surface area contributed by atoms with E-state index in [1.54, 1.807) is 19.2 Å². The van der Waals surface area contributed by atoms with Crippen LogP contribution in [0, 0.1) is 16.0 Å². The molecule has 1 aliphatic rings. The Balaban J connectivity index is 2.14. The van der Waals surface area contributed by atoms with Gasteiger partial charge in [0, 0.05) is 30.8 Å². The zero-order valence-corrected chi connectivity index (χ0v) is 12.2. The lowest BCUT2D eigenvalue weighted by Crippen LogP contribution is -2.26. The van der Waals surface area contributed by atoms with Crippen LogP contribution >= 0.6 is 0 Å². The summed E-state index contributed by atoms with van der Waals surface area (Å²) in [6.45, 7) is 4.97. The average molecular weight is 278 g/mol. The Labute approximate surface area is 119 Å². The zero-order valence-electron chi connectivity index (χ0n) is 12.2. The van der Waals surface area contributed by atoms with Crippen molar-refractivity contribution in [2.45, 2.75) is 32.7 Å². The van der Waals surface area contributed by atoms with Crippen molar-refractivity contribution >= 4 is 5.69 Å². The molecule has 1 aromatic rings. The van der Waals surface area contributed by atoms with E-state index in [1.165, 1.54) is 18.9 Å². The lowest BCUT2D eigenvalue weighted by molar-refractivity contribution is -0.384. The summed E-state index contributed by atoms with van der Waals surface area (Å²) in [6, 6.07) is 4.82. The van der Waals surface area contributed by atoms with Gasteiger partial charge in [-0.3, -0.25) is 15.0 Å². The van der Waals surface area contributed by atoms with Gasteiger partial charge in [-0.05, 0) is 37.8 Å². The highest BCUT2D eigenvalue weighted by Gasteiger charge is 2.24. The fourth-order valence-electron chi connectivity index (χ4n) is 2.46. The molecule has 2 rings (SSSR count). The van der Waals surface area contributed by atoms with Crippen molar-refractivity contribution in [2.24, 2.45) is 5.92 Å². The van der Waals surface area contributed by atoms with Gasteiger partial charge >= 0.3 is 0 Å². The second-order valence-corrected chi connectivity index (χ2v) is 5.43. The summed E-state index contributed by atoms with van der Waals surface area (Å²) in [5, 5.41) is 10.9. The molecule has 0 aromatic heterocycles. The molecule has 110 valence electrons. The van der Waals surface area contributed by atoms with Gasteiger partial charge in [0.1, 0.15) is 5.75 Å². The molecule has 0 amide bonds. The average Bonchev–Trinajstić information content (AvgIpc) is 3.22. The molecular formula is C15H22N2O3. The van der Waals surface area contributed by atoms with Crippen molar-refractivity contribution in [1.82, 2.24) is 4.90 Å². The van der Waals surface area contributed by atoms with Crippen molar-refractivity contribution < 1.29 is 9.66 Å². The van der Waals surface area contributed by atoms with Crippen molar-refractivity contribution in [1.29, 1.82) is 0 Å². The largest absolute Gasteiger partial charge is 0.496 e. The minimum Gasteiger partial charge on any atom is -0.496 e. The van der Waals surface area contributed by atoms with Crippen LogP contribution in [-0.2, 0) is 6.54 Å². The van der Waals surface area contributed by atoms with Crippen LogP contribution in [0.1, 0.15) is 31.7 Å². The van der Waals surface area contributed by atoms with E-state index in [4.69, 9.17) is 4.74 Å². The van der Waals surface area contributed by atoms with E-state index in [2.05, 4.69) is 11.8 Å². The molecule has 20 heavy (non-hydrogen) atoms. The van der Waals surface area contributed by atoms with Crippen LogP contribution in [0.5, 0.6) is 5.75 Å². The minimum atomic E-state index is -0.353. The van der Waals surface area contributed by atoms with Crippen LogP contribution in [0.4, 0.5) is 5.69 Å². The second kappa shape index (κ2) is 6.70. The quantitative estimate of drug-likeness (QED) is 0.541. The number of benzene rings is 1. The van der Waals surface area contributed by atoms with E-state index in [0.29, 0.717) is 0 Å². The smallest absolute Gasteiger partial charge is 0.270 e. The van der Waals surface area contributed by atoms with E-state index in [1.807, 2.05) is 0 Å². The Morgan fingerprint density at radius 2 is 2.20 bits per heavy atom. The molecule has 1 fully saturated rings. The number of non-ortho nitro benzene ring substituents is 1. The molecule has 5 heteroatoms. The van der Waals surface area contributed by atoms with Gasteiger partial charge in [-0.25, -0.2) is 0 Å². The first-order valence-corrected chi connectivity index (χ1v) is 7.17. The van der Waals surface area contributed by atoms with Gasteiger partial charge in [-0.15, -0.1) is 0 Å². The molecule has 0 unspecified atom stereocenters. The first kappa shape index (κ1) is 14.8. The molecule has 0 atom stereocenters. The zero-order chi connectivity index (χ0) is 14.5. The van der Waals surface area contributed by atoms with Crippen molar-refractivity contribution in [3.8, 4) is 5.75 Å². The Morgan fingerprint density at radius 1 is 1.45 bits per heavy atom. The normalized spacial score (nSPS) is 14.6. The maximum absolute atomic E-state index is 10.9. The van der Waals surface area contributed by atoms with E-state index < -0.39 is 0 Å². The molecule has 0 bridgehead atoms. The van der Waals surface area contributed by atoms with Crippen LogP contribution < -0.4 is 4.74 Å². The molecule has 1 aliphatic carbocycles. The molecule has 1 saturated carbocycles. The Morgan fingerprint density at radius 3 is 2.75 bits per heavy atom. The number of methoxy groups -OCH3 is 1. The van der Waals surface area contributed by atoms with Crippen molar-refractivity contribution in [2.75, 3.05) is 20.2 Å². The Kier molecular flexibility index (Phi) is 4.95. The number of rotatable bonds is 8. The summed E-state index contributed by atoms with van der Waals surface area (Å²) >= 11 is 0. The maximum Gasteiger partial charge on any atom is 0.270 e. The van der Waals surface area contributed by atoms with Crippen LogP contribution in [0.15, 0.2) is 18.2 Å². The van der Waals surface area contributed by atoms with E-state index >= 15 is 0 Å². The van der Waals surface area contributed by atoms with Crippen LogP contribution in [0.2, 0.25) is 0 Å². The molecule has 0 radical (unpaired) electrons. The monoisotopic (exact) mass is 278 g/mol. The van der Waals surface area contributed by atoms with Crippen molar-refractivity contribution in [3.63, 3.8) is 0 Å². The molecular weight excluding hydrogens is 256 g/mol. The van der Waals surface area contributed by atoms with Crippen LogP contribution in [-0.4, -0.2) is 30.0 Å². The van der Waals surface area contributed by atoms with Gasteiger partial charge in [-0.2, -0.15) is 0 Å². The molecule has 0 saturated heterocycles. The van der Waals surface area contributed by atoms with Gasteiger partial charge in [0.05, 0.1) is 12.0 Å². The van der Waals surface area contributed by atoms with Gasteiger partial charge < -0.3 is 4.74 Å². The molecule has 0 spiro atoms. The molecule has 0 heterocycles. The number of nitro groups is 1. The number of ether oxygens (including phenoxy) is 1. The predicted octanol–water partition coefficient (Wildman–Crippen LogP) is 3.23. The lowest BCUT2D eigenvalue weighted by Gasteiger charge is -2.22. The Bertz CT molecular complexity index is 472. The topological polar surface area (TPSA) is 55.6 Å². The molecule has 0 aliphatic heterocycles. The predicted molar refractivity (Wildman–Crippen MR) is 77.9 cm³/mol. The minimum absolute atomic E-state index is 0.128. The third-order valence-corrected chi connectivity index (χ3v) is 3.62. The van der Waals surface area contributed by atoms with E-state index in [9.17, 15) is 10.1 Å². The number of nitrogens with zero attached hydrogens (tertiary/aromatic N) is 2. The van der Waals surface area contributed by atoms with E-state index in [0.717, 1.165) is 43.3 Å². The van der Waals surface area contributed by atoms with Gasteiger partial charge in [0.2, 0.25) is 0 Å². The first-order valence-electron chi connectivity index (χ1n) is 7.17. The van der Waals surface area contributed by atoms with Crippen LogP contribution in [0.25, 0.3) is 0 Å². The summed E-state index contributed by atoms with van der Waals surface area (Å²) in [5.74, 6) is 1.54. The van der Waals surface area contributed by atoms with Gasteiger partial charge in [0.15, 0.2) is 0 Å². The number of nitro benzene ring substituents is 1. The van der Waals surface area contributed by atoms with Gasteiger partial charge in [-0.1, -0.05) is 6.92 Å². The van der Waals surface area contributed by atoms with Crippen LogP contribution in [0.3, 0.4) is 0 Å². The summed E-state index contributed by atoms with van der Waals surface area (Å²) in [7, 11) is 1.61. The Hall–Kier alpha value is -1.62. The highest BCUT2D eigenvalue weighted by Crippen LogP contribution is 2.31. The third-order valence-electron chi connectivity index (χ3n) is 3.62. The third kappa shape index (κ3) is 3.93. The maximum atomic E-state index is 10.9. The summed E-state index contributed by atoms with van der Waals surface area (Å²) in [4.78, 5) is 12.9. The first-order chi connectivity index (χ1) is 9.63. The highest BCUT2D eigenvalue weighted by atomic mass is 16.6. The fraction of sp³-hybridized carbons (Fsp3) is 0.600. The second-order valence-electron chi connectivity index (χ2n) is 5.43. The summed E-state index contributed by atoms with van der Waals surface area (Å²) in [6.07, 6.45) is 3.71. The fourth-order valence-corrected chi connectivity index (χ4v) is 2.46. The standard InChI is InChI=1S/C15H22N2O3/c1-3-8-16(10-12-4-5-12)11-13-9-14(17(18)19)6-7-15(13)20-2/h6-7,9,12H,3-5,8,10-11H2,1-2H3. The van der Waals surface area contributed by atoms with E-state index in [-0.39, 0.29) is 10.6 Å². The SMILES string of the molecule is CCCN(Cc1cc([N+](=O)[O-])ccc1OC)CC1CC1. The molecule has 5 nitrogen and oxygen atoms in total. The summed E-state index contributed by atoms with van der Waals surface area (Å²) in [5.41, 5.74) is 1.03. The molecule has 1 aromatic carbocycles. The van der Waals surface area contributed by atoms with Gasteiger partial charge in [0.25, 0.3) is 5.69 Å². The lowest BCUT2D eigenvalue weighted by atomic mass is 10.1.